The van der Waals surface area contributed by atoms with Crippen molar-refractivity contribution in [2.45, 2.75) is 13.5 Å². The monoisotopic (exact) mass is 345 g/mol. The highest BCUT2D eigenvalue weighted by Gasteiger charge is 2.08. The van der Waals surface area contributed by atoms with Crippen LogP contribution in [0.3, 0.4) is 0 Å². The van der Waals surface area contributed by atoms with Crippen molar-refractivity contribution in [3.8, 4) is 10.7 Å². The van der Waals surface area contributed by atoms with E-state index in [0.29, 0.717) is 0 Å². The van der Waals surface area contributed by atoms with Gasteiger partial charge in [-0.15, -0.1) is 11.3 Å². The lowest BCUT2D eigenvalue weighted by molar-refractivity contribution is 0.815. The van der Waals surface area contributed by atoms with Gasteiger partial charge < -0.3 is 9.55 Å². The molecular formula is C19H15N5S. The summed E-state index contributed by atoms with van der Waals surface area (Å²) in [6.45, 7) is 2.78. The van der Waals surface area contributed by atoms with Gasteiger partial charge in [-0.05, 0) is 42.3 Å². The number of fused-ring (bicyclic) bond motifs is 2. The summed E-state index contributed by atoms with van der Waals surface area (Å²) in [6, 6.07) is 10.7. The molecule has 6 heteroatoms. The Kier molecular flexibility index (Phi) is 3.18. The van der Waals surface area contributed by atoms with Gasteiger partial charge in [0.25, 0.3) is 0 Å². The Morgan fingerprint density at radius 1 is 1.12 bits per heavy atom. The van der Waals surface area contributed by atoms with E-state index in [4.69, 9.17) is 0 Å². The molecule has 0 aliphatic heterocycles. The largest absolute Gasteiger partial charge is 0.353 e. The molecule has 122 valence electrons. The van der Waals surface area contributed by atoms with Crippen LogP contribution in [0.1, 0.15) is 11.1 Å². The van der Waals surface area contributed by atoms with E-state index in [2.05, 4.69) is 54.8 Å². The van der Waals surface area contributed by atoms with Crippen molar-refractivity contribution >= 4 is 33.4 Å². The molecule has 0 amide bonds. The van der Waals surface area contributed by atoms with Crippen LogP contribution >= 0.6 is 11.3 Å². The zero-order valence-corrected chi connectivity index (χ0v) is 14.4. The summed E-state index contributed by atoms with van der Waals surface area (Å²) in [7, 11) is 0. The quantitative estimate of drug-likeness (QED) is 0.527. The lowest BCUT2D eigenvalue weighted by atomic mass is 10.1. The number of H-pyrrole nitrogens is 1. The van der Waals surface area contributed by atoms with Crippen LogP contribution in [0.5, 0.6) is 0 Å². The molecule has 0 radical (unpaired) electrons. The highest BCUT2D eigenvalue weighted by molar-refractivity contribution is 7.13. The van der Waals surface area contributed by atoms with Crippen molar-refractivity contribution in [3.05, 3.63) is 65.6 Å². The molecule has 4 aromatic heterocycles. The fourth-order valence-electron chi connectivity index (χ4n) is 3.11. The molecule has 0 saturated heterocycles. The Morgan fingerprint density at radius 3 is 2.96 bits per heavy atom. The van der Waals surface area contributed by atoms with Gasteiger partial charge in [0, 0.05) is 28.7 Å². The number of pyridine rings is 1. The van der Waals surface area contributed by atoms with Gasteiger partial charge in [0.2, 0.25) is 0 Å². The van der Waals surface area contributed by atoms with Crippen LogP contribution in [0.25, 0.3) is 32.8 Å². The van der Waals surface area contributed by atoms with Crippen LogP contribution in [0, 0.1) is 6.92 Å². The molecule has 5 rings (SSSR count). The first-order chi connectivity index (χ1) is 12.3. The van der Waals surface area contributed by atoms with E-state index in [1.807, 2.05) is 31.0 Å². The Morgan fingerprint density at radius 2 is 2.08 bits per heavy atom. The maximum atomic E-state index is 4.52. The predicted molar refractivity (Wildman–Crippen MR) is 101 cm³/mol. The van der Waals surface area contributed by atoms with Crippen molar-refractivity contribution in [1.29, 1.82) is 0 Å². The smallest absolute Gasteiger partial charge is 0.160 e. The third-order valence-corrected chi connectivity index (χ3v) is 5.10. The zero-order chi connectivity index (χ0) is 16.8. The topological polar surface area (TPSA) is 59.4 Å². The highest BCUT2D eigenvalue weighted by Crippen LogP contribution is 2.26. The third kappa shape index (κ3) is 2.51. The second-order valence-corrected chi connectivity index (χ2v) is 7.06. The van der Waals surface area contributed by atoms with Gasteiger partial charge in [0.1, 0.15) is 10.5 Å². The average Bonchev–Trinajstić information content (AvgIpc) is 3.33. The lowest BCUT2D eigenvalue weighted by Crippen LogP contribution is -1.99. The third-order valence-electron chi connectivity index (χ3n) is 4.29. The predicted octanol–water partition coefficient (Wildman–Crippen LogP) is 4.39. The van der Waals surface area contributed by atoms with Crippen molar-refractivity contribution in [2.75, 3.05) is 0 Å². The van der Waals surface area contributed by atoms with Crippen molar-refractivity contribution in [3.63, 3.8) is 0 Å². The summed E-state index contributed by atoms with van der Waals surface area (Å²) in [6.07, 6.45) is 5.57. The highest BCUT2D eigenvalue weighted by atomic mass is 32.1. The first-order valence-electron chi connectivity index (χ1n) is 8.05. The van der Waals surface area contributed by atoms with E-state index in [0.717, 1.165) is 39.5 Å². The summed E-state index contributed by atoms with van der Waals surface area (Å²) >= 11 is 1.64. The molecule has 0 atom stereocenters. The SMILES string of the molecule is Cc1cnc2c(c1)ncn2Cc1ccc2[nH]c(-c3nccs3)cc2c1. The molecule has 25 heavy (non-hydrogen) atoms. The van der Waals surface area contributed by atoms with Gasteiger partial charge in [0.05, 0.1) is 18.6 Å². The van der Waals surface area contributed by atoms with Gasteiger partial charge in [-0.25, -0.2) is 15.0 Å². The van der Waals surface area contributed by atoms with Gasteiger partial charge in [-0.1, -0.05) is 6.07 Å². The Bertz CT molecular complexity index is 1180. The Labute approximate surface area is 148 Å². The van der Waals surface area contributed by atoms with E-state index in [9.17, 15) is 0 Å². The normalized spacial score (nSPS) is 11.6. The summed E-state index contributed by atoms with van der Waals surface area (Å²) in [4.78, 5) is 16.8. The number of aryl methyl sites for hydroxylation is 1. The molecule has 1 aromatic carbocycles. The standard InChI is InChI=1S/C19H15N5S/c1-12-6-16-18(21-9-12)24(11-22-16)10-13-2-3-15-14(7-13)8-17(23-15)19-20-4-5-25-19/h2-9,11,23H,10H2,1H3. The maximum Gasteiger partial charge on any atom is 0.160 e. The number of rotatable bonds is 3. The zero-order valence-electron chi connectivity index (χ0n) is 13.6. The Balaban J connectivity index is 1.52. The lowest BCUT2D eigenvalue weighted by Gasteiger charge is -2.04. The summed E-state index contributed by atoms with van der Waals surface area (Å²) in [5.74, 6) is 0. The molecule has 0 fully saturated rings. The number of imidazole rings is 1. The molecule has 0 unspecified atom stereocenters. The van der Waals surface area contributed by atoms with E-state index in [1.54, 1.807) is 11.3 Å². The molecule has 0 saturated carbocycles. The Hall–Kier alpha value is -2.99. The molecule has 1 N–H and O–H groups in total. The second kappa shape index (κ2) is 5.53. The van der Waals surface area contributed by atoms with Crippen LogP contribution in [-0.2, 0) is 6.54 Å². The van der Waals surface area contributed by atoms with Crippen LogP contribution in [-0.4, -0.2) is 24.5 Å². The molecule has 0 bridgehead atoms. The number of aromatic nitrogens is 5. The summed E-state index contributed by atoms with van der Waals surface area (Å²) in [5, 5.41) is 4.19. The number of thiazole rings is 1. The van der Waals surface area contributed by atoms with Gasteiger partial charge >= 0.3 is 0 Å². The average molecular weight is 345 g/mol. The number of hydrogen-bond donors (Lipinski definition) is 1. The van der Waals surface area contributed by atoms with Crippen LogP contribution < -0.4 is 0 Å². The maximum absolute atomic E-state index is 4.52. The van der Waals surface area contributed by atoms with Gasteiger partial charge in [-0.2, -0.15) is 0 Å². The van der Waals surface area contributed by atoms with E-state index >= 15 is 0 Å². The van der Waals surface area contributed by atoms with Gasteiger partial charge in [-0.3, -0.25) is 0 Å². The molecule has 0 aliphatic carbocycles. The molecule has 0 aliphatic rings. The summed E-state index contributed by atoms with van der Waals surface area (Å²) < 4.78 is 2.09. The van der Waals surface area contributed by atoms with Crippen LogP contribution in [0.2, 0.25) is 0 Å². The minimum atomic E-state index is 0.750. The van der Waals surface area contributed by atoms with Crippen LogP contribution in [0.15, 0.2) is 54.4 Å². The molecule has 4 heterocycles. The second-order valence-electron chi connectivity index (χ2n) is 6.17. The van der Waals surface area contributed by atoms with E-state index < -0.39 is 0 Å². The fraction of sp³-hybridized carbons (Fsp3) is 0.105. The number of nitrogens with one attached hydrogen (secondary N) is 1. The van der Waals surface area contributed by atoms with E-state index in [-0.39, 0.29) is 0 Å². The molecule has 5 nitrogen and oxygen atoms in total. The number of hydrogen-bond acceptors (Lipinski definition) is 4. The molecule has 0 spiro atoms. The first kappa shape index (κ1) is 14.4. The fourth-order valence-corrected chi connectivity index (χ4v) is 3.72. The number of nitrogens with zero attached hydrogens (tertiary/aromatic N) is 4. The number of benzene rings is 1. The van der Waals surface area contributed by atoms with E-state index in [1.165, 1.54) is 10.9 Å². The number of aromatic amines is 1. The first-order valence-corrected chi connectivity index (χ1v) is 8.93. The minimum Gasteiger partial charge on any atom is -0.353 e. The molecular weight excluding hydrogens is 330 g/mol. The van der Waals surface area contributed by atoms with Crippen molar-refractivity contribution in [1.82, 2.24) is 24.5 Å². The van der Waals surface area contributed by atoms with Crippen LogP contribution in [0.4, 0.5) is 0 Å². The minimum absolute atomic E-state index is 0.750. The summed E-state index contributed by atoms with van der Waals surface area (Å²) in [5.41, 5.74) is 6.39. The van der Waals surface area contributed by atoms with Crippen molar-refractivity contribution < 1.29 is 0 Å². The molecule has 5 aromatic rings. The van der Waals surface area contributed by atoms with Crippen molar-refractivity contribution in [2.24, 2.45) is 0 Å². The van der Waals surface area contributed by atoms with Gasteiger partial charge in [0.15, 0.2) is 5.65 Å².